The lowest BCUT2D eigenvalue weighted by Gasteiger charge is -2.14. The highest BCUT2D eigenvalue weighted by Crippen LogP contribution is 2.71. The number of Topliss-reactive ketones (excluding diaryl/α,β-unsaturated/α-hetero) is 1. The van der Waals surface area contributed by atoms with Crippen molar-refractivity contribution in [3.8, 4) is 0 Å². The number of benzene rings is 1. The standard InChI is InChI=1S/C25H33NO2S/c1-14-11-17(12-15(2)23(14)26-9-6-10-27)7-8-20(28)24-18-13-19-22(25(19,4)5)21(18)16(3)29-24/h11-12,19,22,26-27H,6-10,13H2,1-5H3/t19-,22-/m1/s1. The van der Waals surface area contributed by atoms with E-state index in [2.05, 4.69) is 52.1 Å². The second-order valence-corrected chi connectivity index (χ2v) is 10.7. The molecular weight excluding hydrogens is 378 g/mol. The predicted octanol–water partition coefficient (Wildman–Crippen LogP) is 5.58. The first-order valence-corrected chi connectivity index (χ1v) is 11.7. The third-order valence-corrected chi connectivity index (χ3v) is 8.35. The largest absolute Gasteiger partial charge is 0.396 e. The Hall–Kier alpha value is -1.65. The first kappa shape index (κ1) is 20.6. The second-order valence-electron chi connectivity index (χ2n) is 9.52. The molecule has 0 radical (unpaired) electrons. The maximum atomic E-state index is 13.1. The Bertz CT molecular complexity index is 933. The van der Waals surface area contributed by atoms with Crippen molar-refractivity contribution >= 4 is 22.8 Å². The Kier molecular flexibility index (Phi) is 5.37. The molecule has 2 aliphatic carbocycles. The number of hydrogen-bond acceptors (Lipinski definition) is 4. The van der Waals surface area contributed by atoms with Crippen LogP contribution in [0.15, 0.2) is 12.1 Å². The Morgan fingerprint density at radius 2 is 1.93 bits per heavy atom. The Balaban J connectivity index is 1.44. The van der Waals surface area contributed by atoms with Crippen LogP contribution in [0, 0.1) is 32.1 Å². The SMILES string of the molecule is Cc1cc(CCC(=O)c2sc(C)c3c2C[C@@H]2[C@H]3C2(C)C)cc(C)c1NCCCO. The molecule has 0 spiro atoms. The summed E-state index contributed by atoms with van der Waals surface area (Å²) >= 11 is 1.73. The van der Waals surface area contributed by atoms with Crippen LogP contribution in [0.5, 0.6) is 0 Å². The predicted molar refractivity (Wildman–Crippen MR) is 122 cm³/mol. The molecule has 29 heavy (non-hydrogen) atoms. The van der Waals surface area contributed by atoms with Gasteiger partial charge in [-0.15, -0.1) is 11.3 Å². The van der Waals surface area contributed by atoms with Gasteiger partial charge in [-0.2, -0.15) is 0 Å². The summed E-state index contributed by atoms with van der Waals surface area (Å²) in [6.45, 7) is 12.2. The van der Waals surface area contributed by atoms with Crippen molar-refractivity contribution in [2.24, 2.45) is 11.3 Å². The zero-order chi connectivity index (χ0) is 20.9. The van der Waals surface area contributed by atoms with E-state index in [0.29, 0.717) is 23.5 Å². The number of fused-ring (bicyclic) bond motifs is 3. The fourth-order valence-electron chi connectivity index (χ4n) is 5.50. The number of ketones is 1. The summed E-state index contributed by atoms with van der Waals surface area (Å²) in [6.07, 6.45) is 3.23. The topological polar surface area (TPSA) is 49.3 Å². The zero-order valence-electron chi connectivity index (χ0n) is 18.3. The minimum atomic E-state index is 0.205. The van der Waals surface area contributed by atoms with Crippen molar-refractivity contribution in [3.05, 3.63) is 49.7 Å². The van der Waals surface area contributed by atoms with Crippen LogP contribution in [0.2, 0.25) is 0 Å². The Labute approximate surface area is 178 Å². The summed E-state index contributed by atoms with van der Waals surface area (Å²) in [5.74, 6) is 1.76. The summed E-state index contributed by atoms with van der Waals surface area (Å²) in [7, 11) is 0. The highest BCUT2D eigenvalue weighted by molar-refractivity contribution is 7.14. The van der Waals surface area contributed by atoms with E-state index in [-0.39, 0.29) is 6.61 Å². The van der Waals surface area contributed by atoms with E-state index in [1.54, 1.807) is 11.3 Å². The van der Waals surface area contributed by atoms with Crippen molar-refractivity contribution in [1.82, 2.24) is 0 Å². The van der Waals surface area contributed by atoms with Gasteiger partial charge in [0, 0.05) is 30.1 Å². The van der Waals surface area contributed by atoms with E-state index in [1.165, 1.54) is 32.7 Å². The highest BCUT2D eigenvalue weighted by Gasteiger charge is 2.63. The molecule has 4 heteroatoms. The molecule has 2 N–H and O–H groups in total. The third-order valence-electron chi connectivity index (χ3n) is 7.14. The number of hydrogen-bond donors (Lipinski definition) is 2. The fraction of sp³-hybridized carbons (Fsp3) is 0.560. The molecule has 2 aliphatic rings. The third kappa shape index (κ3) is 3.55. The van der Waals surface area contributed by atoms with Crippen molar-refractivity contribution in [2.45, 2.75) is 66.2 Å². The molecule has 0 aliphatic heterocycles. The van der Waals surface area contributed by atoms with Crippen molar-refractivity contribution in [3.63, 3.8) is 0 Å². The number of rotatable bonds is 8. The molecule has 4 rings (SSSR count). The summed E-state index contributed by atoms with van der Waals surface area (Å²) in [5, 5.41) is 12.4. The number of aliphatic hydroxyl groups excluding tert-OH is 1. The van der Waals surface area contributed by atoms with E-state index >= 15 is 0 Å². The maximum Gasteiger partial charge on any atom is 0.173 e. The van der Waals surface area contributed by atoms with Crippen molar-refractivity contribution in [1.29, 1.82) is 0 Å². The number of nitrogens with one attached hydrogen (secondary N) is 1. The van der Waals surface area contributed by atoms with Crippen molar-refractivity contribution < 1.29 is 9.90 Å². The van der Waals surface area contributed by atoms with Gasteiger partial charge in [-0.05, 0) is 85.1 Å². The Morgan fingerprint density at radius 1 is 1.24 bits per heavy atom. The van der Waals surface area contributed by atoms with Gasteiger partial charge in [0.05, 0.1) is 4.88 Å². The second kappa shape index (κ2) is 7.55. The van der Waals surface area contributed by atoms with Crippen LogP contribution in [0.4, 0.5) is 5.69 Å². The van der Waals surface area contributed by atoms with Gasteiger partial charge in [-0.1, -0.05) is 26.0 Å². The van der Waals surface area contributed by atoms with Crippen LogP contribution in [-0.4, -0.2) is 24.0 Å². The van der Waals surface area contributed by atoms with Crippen LogP contribution >= 0.6 is 11.3 Å². The summed E-state index contributed by atoms with van der Waals surface area (Å²) in [6, 6.07) is 4.40. The van der Waals surface area contributed by atoms with Crippen LogP contribution < -0.4 is 5.32 Å². The molecule has 1 aromatic heterocycles. The van der Waals surface area contributed by atoms with Crippen LogP contribution in [0.1, 0.15) is 75.0 Å². The van der Waals surface area contributed by atoms with Gasteiger partial charge >= 0.3 is 0 Å². The molecule has 2 aromatic rings. The minimum absolute atomic E-state index is 0.205. The molecule has 0 amide bonds. The molecule has 3 nitrogen and oxygen atoms in total. The van der Waals surface area contributed by atoms with Gasteiger partial charge in [0.2, 0.25) is 0 Å². The van der Waals surface area contributed by atoms with Gasteiger partial charge in [0.25, 0.3) is 0 Å². The van der Waals surface area contributed by atoms with E-state index < -0.39 is 0 Å². The summed E-state index contributed by atoms with van der Waals surface area (Å²) in [4.78, 5) is 15.5. The molecule has 1 aromatic carbocycles. The highest BCUT2D eigenvalue weighted by atomic mass is 32.1. The monoisotopic (exact) mass is 411 g/mol. The molecule has 1 saturated carbocycles. The van der Waals surface area contributed by atoms with Gasteiger partial charge in [-0.25, -0.2) is 0 Å². The number of anilines is 1. The van der Waals surface area contributed by atoms with Gasteiger partial charge in [-0.3, -0.25) is 4.79 Å². The van der Waals surface area contributed by atoms with Gasteiger partial charge in [0.1, 0.15) is 0 Å². The number of carbonyl (C=O) groups is 1. The van der Waals surface area contributed by atoms with E-state index in [0.717, 1.165) is 42.3 Å². The molecule has 0 bridgehead atoms. The van der Waals surface area contributed by atoms with Crippen LogP contribution in [0.25, 0.3) is 0 Å². The molecule has 0 unspecified atom stereocenters. The lowest BCUT2D eigenvalue weighted by Crippen LogP contribution is -2.08. The zero-order valence-corrected chi connectivity index (χ0v) is 19.1. The first-order chi connectivity index (χ1) is 13.8. The number of aliphatic hydroxyl groups is 1. The molecule has 2 atom stereocenters. The molecular formula is C25H33NO2S. The average Bonchev–Trinajstić information content (AvgIpc) is 3.00. The lowest BCUT2D eigenvalue weighted by molar-refractivity contribution is 0.0985. The molecule has 156 valence electrons. The van der Waals surface area contributed by atoms with Crippen LogP contribution in [-0.2, 0) is 12.8 Å². The molecule has 1 fully saturated rings. The van der Waals surface area contributed by atoms with Crippen LogP contribution in [0.3, 0.4) is 0 Å². The van der Waals surface area contributed by atoms with E-state index in [9.17, 15) is 4.79 Å². The lowest BCUT2D eigenvalue weighted by atomic mass is 9.93. The number of carbonyl (C=O) groups excluding carboxylic acids is 1. The normalized spacial score (nSPS) is 21.0. The first-order valence-electron chi connectivity index (χ1n) is 10.9. The quantitative estimate of drug-likeness (QED) is 0.440. The van der Waals surface area contributed by atoms with Crippen molar-refractivity contribution in [2.75, 3.05) is 18.5 Å². The molecule has 1 heterocycles. The maximum absolute atomic E-state index is 13.1. The smallest absolute Gasteiger partial charge is 0.173 e. The summed E-state index contributed by atoms with van der Waals surface area (Å²) in [5.41, 5.74) is 8.13. The average molecular weight is 412 g/mol. The summed E-state index contributed by atoms with van der Waals surface area (Å²) < 4.78 is 0. The molecule has 0 saturated heterocycles. The minimum Gasteiger partial charge on any atom is -0.396 e. The number of aryl methyl sites for hydroxylation is 4. The Morgan fingerprint density at radius 3 is 2.59 bits per heavy atom. The van der Waals surface area contributed by atoms with E-state index in [1.807, 2.05) is 0 Å². The van der Waals surface area contributed by atoms with Gasteiger partial charge in [0.15, 0.2) is 5.78 Å². The fourth-order valence-corrected chi connectivity index (χ4v) is 6.70. The van der Waals surface area contributed by atoms with Gasteiger partial charge < -0.3 is 10.4 Å². The number of thiophene rings is 1. The van der Waals surface area contributed by atoms with E-state index in [4.69, 9.17) is 5.11 Å².